The average Bonchev–Trinajstić information content (AvgIpc) is 2.85. The second-order valence-electron chi connectivity index (χ2n) is 8.46. The van der Waals surface area contributed by atoms with Crippen LogP contribution in [0.25, 0.3) is 0 Å². The van der Waals surface area contributed by atoms with Gasteiger partial charge in [0.1, 0.15) is 0 Å². The second-order valence-corrected chi connectivity index (χ2v) is 8.46. The lowest BCUT2D eigenvalue weighted by Gasteiger charge is -2.37. The molecule has 0 radical (unpaired) electrons. The number of nitrogens with zero attached hydrogens (tertiary/aromatic N) is 1. The molecule has 3 N–H and O–H groups in total. The van der Waals surface area contributed by atoms with Gasteiger partial charge in [-0.25, -0.2) is 9.59 Å². The second kappa shape index (κ2) is 13.3. The van der Waals surface area contributed by atoms with Crippen molar-refractivity contribution in [3.05, 3.63) is 108 Å². The molecular formula is C28H33NO5. The predicted octanol–water partition coefficient (Wildman–Crippen LogP) is 4.08. The van der Waals surface area contributed by atoms with Crippen LogP contribution in [0.2, 0.25) is 0 Å². The number of likely N-dealkylation sites (N-methyl/N-ethyl adjacent to an activating group) is 1. The van der Waals surface area contributed by atoms with E-state index in [2.05, 4.69) is 61.3 Å². The topological polar surface area (TPSA) is 98.1 Å². The van der Waals surface area contributed by atoms with Gasteiger partial charge in [-0.2, -0.15) is 0 Å². The van der Waals surface area contributed by atoms with Crippen molar-refractivity contribution >= 4 is 11.9 Å². The van der Waals surface area contributed by atoms with Gasteiger partial charge in [0.2, 0.25) is 0 Å². The molecule has 0 spiro atoms. The number of carbonyl (C=O) groups is 2. The largest absolute Gasteiger partial charge is 0.473 e. The van der Waals surface area contributed by atoms with Crippen molar-refractivity contribution in [1.82, 2.24) is 4.90 Å². The van der Waals surface area contributed by atoms with Crippen LogP contribution in [0.15, 0.2) is 91.0 Å². The summed E-state index contributed by atoms with van der Waals surface area (Å²) in [4.78, 5) is 20.5. The Hall–Kier alpha value is -3.48. The number of hydrogen-bond acceptors (Lipinski definition) is 4. The Morgan fingerprint density at radius 2 is 1.24 bits per heavy atom. The number of aliphatic hydroxyl groups is 1. The fourth-order valence-corrected chi connectivity index (χ4v) is 3.87. The van der Waals surface area contributed by atoms with Gasteiger partial charge in [-0.05, 0) is 30.2 Å². The highest BCUT2D eigenvalue weighted by atomic mass is 16.4. The average molecular weight is 464 g/mol. The van der Waals surface area contributed by atoms with Gasteiger partial charge >= 0.3 is 11.9 Å². The summed E-state index contributed by atoms with van der Waals surface area (Å²) in [6.45, 7) is 3.98. The van der Waals surface area contributed by atoms with Gasteiger partial charge in [0.25, 0.3) is 0 Å². The number of aliphatic carboxylic acids is 2. The Morgan fingerprint density at radius 1 is 0.794 bits per heavy atom. The van der Waals surface area contributed by atoms with Crippen LogP contribution in [-0.4, -0.2) is 52.3 Å². The maximum atomic E-state index is 11.8. The molecule has 3 aromatic carbocycles. The molecule has 0 saturated heterocycles. The Bertz CT molecular complexity index is 999. The van der Waals surface area contributed by atoms with Gasteiger partial charge in [-0.1, -0.05) is 97.9 Å². The molecule has 0 bridgehead atoms. The maximum Gasteiger partial charge on any atom is 0.414 e. The van der Waals surface area contributed by atoms with E-state index in [0.29, 0.717) is 6.42 Å². The van der Waals surface area contributed by atoms with Crippen molar-refractivity contribution in [2.24, 2.45) is 5.92 Å². The third-order valence-corrected chi connectivity index (χ3v) is 5.80. The number of rotatable bonds is 9. The molecule has 0 saturated carbocycles. The van der Waals surface area contributed by atoms with E-state index in [1.54, 1.807) is 0 Å². The number of hydrogen-bond donors (Lipinski definition) is 3. The number of carboxylic acid groups (broad SMARTS) is 2. The molecule has 0 heterocycles. The highest BCUT2D eigenvalue weighted by Gasteiger charge is 2.36. The first-order valence-electron chi connectivity index (χ1n) is 11.2. The molecule has 0 aliphatic rings. The molecule has 3 aromatic rings. The number of carboxylic acids is 2. The van der Waals surface area contributed by atoms with Crippen LogP contribution in [0.4, 0.5) is 0 Å². The van der Waals surface area contributed by atoms with Gasteiger partial charge < -0.3 is 20.2 Å². The molecule has 180 valence electrons. The highest BCUT2D eigenvalue weighted by Crippen LogP contribution is 2.34. The molecule has 2 atom stereocenters. The Balaban J connectivity index is 0.000000604. The summed E-state index contributed by atoms with van der Waals surface area (Å²) in [7, 11) is 2.15. The van der Waals surface area contributed by atoms with Crippen LogP contribution in [0.3, 0.4) is 0 Å². The molecule has 3 rings (SSSR count). The molecule has 2 unspecified atom stereocenters. The zero-order valence-corrected chi connectivity index (χ0v) is 19.7. The molecule has 6 nitrogen and oxygen atoms in total. The summed E-state index contributed by atoms with van der Waals surface area (Å²) in [5.74, 6) is -3.55. The van der Waals surface area contributed by atoms with Gasteiger partial charge in [0.15, 0.2) is 0 Å². The van der Waals surface area contributed by atoms with Crippen molar-refractivity contribution in [3.8, 4) is 0 Å². The van der Waals surface area contributed by atoms with E-state index in [0.717, 1.165) is 30.6 Å². The van der Waals surface area contributed by atoms with E-state index in [-0.39, 0.29) is 5.92 Å². The monoisotopic (exact) mass is 463 g/mol. The first-order valence-corrected chi connectivity index (χ1v) is 11.2. The van der Waals surface area contributed by atoms with Crippen LogP contribution >= 0.6 is 0 Å². The van der Waals surface area contributed by atoms with E-state index in [9.17, 15) is 5.11 Å². The van der Waals surface area contributed by atoms with Gasteiger partial charge in [0, 0.05) is 25.4 Å². The van der Waals surface area contributed by atoms with Crippen LogP contribution in [-0.2, 0) is 28.0 Å². The van der Waals surface area contributed by atoms with Crippen molar-refractivity contribution in [2.45, 2.75) is 25.4 Å². The predicted molar refractivity (Wildman–Crippen MR) is 133 cm³/mol. The zero-order valence-electron chi connectivity index (χ0n) is 19.7. The Labute approximate surface area is 201 Å². The minimum atomic E-state index is -1.82. The molecular weight excluding hydrogens is 430 g/mol. The summed E-state index contributed by atoms with van der Waals surface area (Å²) in [5, 5.41) is 26.6. The van der Waals surface area contributed by atoms with Gasteiger partial charge in [-0.15, -0.1) is 0 Å². The van der Waals surface area contributed by atoms with Gasteiger partial charge in [0.05, 0.1) is 5.60 Å². The quantitative estimate of drug-likeness (QED) is 0.414. The summed E-state index contributed by atoms with van der Waals surface area (Å²) in [5.41, 5.74) is 2.60. The first kappa shape index (κ1) is 26.8. The highest BCUT2D eigenvalue weighted by molar-refractivity contribution is 6.27. The van der Waals surface area contributed by atoms with E-state index in [1.807, 2.05) is 48.5 Å². The molecule has 34 heavy (non-hydrogen) atoms. The molecule has 0 aliphatic heterocycles. The van der Waals surface area contributed by atoms with Crippen LogP contribution in [0.1, 0.15) is 23.6 Å². The van der Waals surface area contributed by atoms with E-state index < -0.39 is 17.5 Å². The fraction of sp³-hybridized carbons (Fsp3) is 0.286. The lowest BCUT2D eigenvalue weighted by atomic mass is 9.77. The van der Waals surface area contributed by atoms with Gasteiger partial charge in [-0.3, -0.25) is 0 Å². The smallest absolute Gasteiger partial charge is 0.414 e. The third kappa shape index (κ3) is 8.46. The Morgan fingerprint density at radius 3 is 1.71 bits per heavy atom. The summed E-state index contributed by atoms with van der Waals surface area (Å²) in [6, 6.07) is 31.0. The minimum absolute atomic E-state index is 0.0934. The van der Waals surface area contributed by atoms with E-state index in [1.165, 1.54) is 5.56 Å². The molecule has 0 fully saturated rings. The van der Waals surface area contributed by atoms with Crippen molar-refractivity contribution < 1.29 is 24.9 Å². The van der Waals surface area contributed by atoms with Crippen molar-refractivity contribution in [1.29, 1.82) is 0 Å². The Kier molecular flexibility index (Phi) is 10.5. The molecule has 6 heteroatoms. The first-order chi connectivity index (χ1) is 16.2. The summed E-state index contributed by atoms with van der Waals surface area (Å²) in [6.07, 6.45) is 1.64. The fourth-order valence-electron chi connectivity index (χ4n) is 3.87. The lowest BCUT2D eigenvalue weighted by Crippen LogP contribution is -2.42. The van der Waals surface area contributed by atoms with E-state index in [4.69, 9.17) is 19.8 Å². The molecule has 0 aliphatic carbocycles. The summed E-state index contributed by atoms with van der Waals surface area (Å²) >= 11 is 0. The third-order valence-electron chi connectivity index (χ3n) is 5.80. The van der Waals surface area contributed by atoms with Crippen LogP contribution in [0.5, 0.6) is 0 Å². The normalized spacial score (nSPS) is 13.3. The van der Waals surface area contributed by atoms with Crippen LogP contribution in [0, 0.1) is 5.92 Å². The van der Waals surface area contributed by atoms with E-state index >= 15 is 0 Å². The van der Waals surface area contributed by atoms with Crippen molar-refractivity contribution in [2.75, 3.05) is 20.1 Å². The SMILES string of the molecule is CC(CN(C)CCc1ccccc1)C(O)(Cc1ccccc1)c1ccccc1.O=C(O)C(=O)O. The number of benzene rings is 3. The molecule has 0 aromatic heterocycles. The molecule has 0 amide bonds. The standard InChI is InChI=1S/C26H31NO.C2H2O4/c1-22(21-27(2)19-18-23-12-6-3-7-13-23)26(28,25-16-10-5-11-17-25)20-24-14-8-4-9-15-24;3-1(4)2(5)6/h3-17,22,28H,18-21H2,1-2H3;(H,3,4)(H,5,6). The van der Waals surface area contributed by atoms with Crippen molar-refractivity contribution in [3.63, 3.8) is 0 Å². The van der Waals surface area contributed by atoms with Crippen LogP contribution < -0.4 is 0 Å². The minimum Gasteiger partial charge on any atom is -0.473 e. The lowest BCUT2D eigenvalue weighted by molar-refractivity contribution is -0.159. The maximum absolute atomic E-state index is 11.8. The summed E-state index contributed by atoms with van der Waals surface area (Å²) < 4.78 is 0. The zero-order chi connectivity index (χ0) is 25.0.